The molecule has 0 saturated heterocycles. The minimum absolute atomic E-state index is 0.0306. The van der Waals surface area contributed by atoms with Gasteiger partial charge in [-0.05, 0) is 38.1 Å². The quantitative estimate of drug-likeness (QED) is 0.561. The van der Waals surface area contributed by atoms with E-state index < -0.39 is 11.7 Å². The van der Waals surface area contributed by atoms with E-state index in [1.54, 1.807) is 30.6 Å². The maximum atomic E-state index is 13.4. The van der Waals surface area contributed by atoms with Crippen molar-refractivity contribution in [2.45, 2.75) is 26.1 Å². The summed E-state index contributed by atoms with van der Waals surface area (Å²) in [6.45, 7) is 3.81. The topological polar surface area (TPSA) is 62.7 Å². The van der Waals surface area contributed by atoms with Crippen molar-refractivity contribution in [2.24, 2.45) is 0 Å². The predicted molar refractivity (Wildman–Crippen MR) is 104 cm³/mol. The van der Waals surface area contributed by atoms with E-state index in [0.29, 0.717) is 11.3 Å². The number of anilines is 3. The summed E-state index contributed by atoms with van der Waals surface area (Å²) in [5.74, 6) is 0.454. The lowest BCUT2D eigenvalue weighted by molar-refractivity contribution is -0.136. The van der Waals surface area contributed by atoms with Crippen molar-refractivity contribution in [3.63, 3.8) is 0 Å². The second-order valence-electron chi connectivity index (χ2n) is 6.29. The summed E-state index contributed by atoms with van der Waals surface area (Å²) >= 11 is 6.03. The maximum Gasteiger partial charge on any atom is 0.418 e. The van der Waals surface area contributed by atoms with Crippen LogP contribution >= 0.6 is 11.6 Å². The van der Waals surface area contributed by atoms with Gasteiger partial charge in [0.05, 0.1) is 22.0 Å². The molecular formula is C19H17ClF3N5. The van der Waals surface area contributed by atoms with Crippen molar-refractivity contribution in [3.05, 3.63) is 59.4 Å². The van der Waals surface area contributed by atoms with Crippen LogP contribution in [0.3, 0.4) is 0 Å². The van der Waals surface area contributed by atoms with Crippen LogP contribution < -0.4 is 10.6 Å². The third-order valence-electron chi connectivity index (χ3n) is 3.67. The lowest BCUT2D eigenvalue weighted by atomic mass is 10.1. The summed E-state index contributed by atoms with van der Waals surface area (Å²) in [7, 11) is 0. The molecule has 0 amide bonds. The Kier molecular flexibility index (Phi) is 5.69. The summed E-state index contributed by atoms with van der Waals surface area (Å²) < 4.78 is 40.1. The van der Waals surface area contributed by atoms with E-state index in [0.717, 1.165) is 6.07 Å². The Morgan fingerprint density at radius 3 is 2.50 bits per heavy atom. The monoisotopic (exact) mass is 407 g/mol. The van der Waals surface area contributed by atoms with Crippen LogP contribution in [0.25, 0.3) is 11.3 Å². The first-order valence-corrected chi connectivity index (χ1v) is 8.80. The highest BCUT2D eigenvalue weighted by Gasteiger charge is 2.34. The van der Waals surface area contributed by atoms with Crippen LogP contribution in [0, 0.1) is 0 Å². The number of hydrogen-bond donors (Lipinski definition) is 2. The summed E-state index contributed by atoms with van der Waals surface area (Å²) in [4.78, 5) is 12.8. The lowest BCUT2D eigenvalue weighted by Crippen LogP contribution is -2.14. The molecule has 0 aliphatic heterocycles. The van der Waals surface area contributed by atoms with Gasteiger partial charge < -0.3 is 10.6 Å². The Balaban J connectivity index is 2.08. The normalized spacial score (nSPS) is 11.5. The molecular weight excluding hydrogens is 391 g/mol. The van der Waals surface area contributed by atoms with Gasteiger partial charge in [0.1, 0.15) is 5.82 Å². The van der Waals surface area contributed by atoms with E-state index in [2.05, 4.69) is 25.6 Å². The standard InChI is InChI=1S/C19H17ClF3N5/c1-11(2)25-18-26-15(12-5-4-8-24-10-12)9-16(28-18)27-17-13(19(21,22)23)6-3-7-14(17)20/h3-11H,1-2H3,(H2,25,26,27,28). The Labute approximate surface area is 165 Å². The van der Waals surface area contributed by atoms with Gasteiger partial charge in [-0.2, -0.15) is 18.2 Å². The fourth-order valence-corrected chi connectivity index (χ4v) is 2.73. The number of para-hydroxylation sites is 1. The largest absolute Gasteiger partial charge is 0.418 e. The first kappa shape index (κ1) is 19.9. The van der Waals surface area contributed by atoms with Crippen molar-refractivity contribution < 1.29 is 13.2 Å². The summed E-state index contributed by atoms with van der Waals surface area (Å²) in [5, 5.41) is 5.71. The molecule has 0 spiro atoms. The predicted octanol–water partition coefficient (Wildman–Crippen LogP) is 5.77. The smallest absolute Gasteiger partial charge is 0.352 e. The Morgan fingerprint density at radius 1 is 1.07 bits per heavy atom. The second-order valence-corrected chi connectivity index (χ2v) is 6.70. The van der Waals surface area contributed by atoms with E-state index in [9.17, 15) is 13.2 Å². The Hall–Kier alpha value is -2.87. The van der Waals surface area contributed by atoms with Crippen molar-refractivity contribution >= 4 is 29.1 Å². The molecule has 146 valence electrons. The SMILES string of the molecule is CC(C)Nc1nc(Nc2c(Cl)cccc2C(F)(F)F)cc(-c2cccnc2)n1. The van der Waals surface area contributed by atoms with Crippen LogP contribution in [-0.4, -0.2) is 21.0 Å². The van der Waals surface area contributed by atoms with Crippen molar-refractivity contribution in [3.8, 4) is 11.3 Å². The van der Waals surface area contributed by atoms with Gasteiger partial charge in [0, 0.05) is 30.1 Å². The van der Waals surface area contributed by atoms with Gasteiger partial charge in [-0.25, -0.2) is 4.98 Å². The molecule has 0 saturated carbocycles. The zero-order chi connectivity index (χ0) is 20.3. The van der Waals surface area contributed by atoms with Gasteiger partial charge in [-0.15, -0.1) is 0 Å². The summed E-state index contributed by atoms with van der Waals surface area (Å²) in [6, 6.07) is 8.73. The van der Waals surface area contributed by atoms with Gasteiger partial charge in [0.25, 0.3) is 0 Å². The van der Waals surface area contributed by atoms with Crippen LogP contribution in [0.5, 0.6) is 0 Å². The molecule has 0 atom stereocenters. The van der Waals surface area contributed by atoms with Gasteiger partial charge in [-0.1, -0.05) is 17.7 Å². The minimum atomic E-state index is -4.56. The fourth-order valence-electron chi connectivity index (χ4n) is 2.51. The molecule has 2 aromatic heterocycles. The van der Waals surface area contributed by atoms with Gasteiger partial charge in [0.2, 0.25) is 5.95 Å². The number of alkyl halides is 3. The summed E-state index contributed by atoms with van der Waals surface area (Å²) in [5.41, 5.74) is 0.0761. The molecule has 2 N–H and O–H groups in total. The van der Waals surface area contributed by atoms with E-state index >= 15 is 0 Å². The van der Waals surface area contributed by atoms with Crippen LogP contribution in [0.2, 0.25) is 5.02 Å². The van der Waals surface area contributed by atoms with E-state index in [4.69, 9.17) is 11.6 Å². The Morgan fingerprint density at radius 2 is 1.86 bits per heavy atom. The third kappa shape index (κ3) is 4.69. The number of aromatic nitrogens is 3. The second kappa shape index (κ2) is 8.02. The average molecular weight is 408 g/mol. The molecule has 1 aromatic carbocycles. The van der Waals surface area contributed by atoms with E-state index in [1.165, 1.54) is 12.1 Å². The van der Waals surface area contributed by atoms with Crippen molar-refractivity contribution in [1.29, 1.82) is 0 Å². The molecule has 0 fully saturated rings. The highest BCUT2D eigenvalue weighted by molar-refractivity contribution is 6.33. The number of rotatable bonds is 5. The van der Waals surface area contributed by atoms with Crippen molar-refractivity contribution in [1.82, 2.24) is 15.0 Å². The van der Waals surface area contributed by atoms with Crippen molar-refractivity contribution in [2.75, 3.05) is 10.6 Å². The molecule has 0 aliphatic carbocycles. The highest BCUT2D eigenvalue weighted by Crippen LogP contribution is 2.40. The lowest BCUT2D eigenvalue weighted by Gasteiger charge is -2.17. The minimum Gasteiger partial charge on any atom is -0.352 e. The van der Waals surface area contributed by atoms with Gasteiger partial charge in [0.15, 0.2) is 0 Å². The van der Waals surface area contributed by atoms with E-state index in [1.807, 2.05) is 13.8 Å². The first-order chi connectivity index (χ1) is 13.2. The molecule has 0 unspecified atom stereocenters. The highest BCUT2D eigenvalue weighted by atomic mass is 35.5. The fraction of sp³-hybridized carbons (Fsp3) is 0.211. The van der Waals surface area contributed by atoms with E-state index in [-0.39, 0.29) is 28.5 Å². The molecule has 5 nitrogen and oxygen atoms in total. The van der Waals surface area contributed by atoms with Crippen LogP contribution in [0.15, 0.2) is 48.8 Å². The molecule has 9 heteroatoms. The number of halogens is 4. The third-order valence-corrected chi connectivity index (χ3v) is 3.99. The molecule has 0 bridgehead atoms. The summed E-state index contributed by atoms with van der Waals surface area (Å²) in [6.07, 6.45) is -1.33. The molecule has 0 aliphatic rings. The molecule has 2 heterocycles. The molecule has 0 radical (unpaired) electrons. The molecule has 3 rings (SSSR count). The van der Waals surface area contributed by atoms with Crippen LogP contribution in [0.4, 0.5) is 30.6 Å². The number of nitrogens with one attached hydrogen (secondary N) is 2. The molecule has 3 aromatic rings. The number of pyridine rings is 1. The Bertz CT molecular complexity index is 962. The number of benzene rings is 1. The zero-order valence-corrected chi connectivity index (χ0v) is 15.8. The number of nitrogens with zero attached hydrogens (tertiary/aromatic N) is 3. The van der Waals surface area contributed by atoms with Gasteiger partial charge in [-0.3, -0.25) is 4.98 Å². The number of hydrogen-bond acceptors (Lipinski definition) is 5. The average Bonchev–Trinajstić information content (AvgIpc) is 2.62. The first-order valence-electron chi connectivity index (χ1n) is 8.43. The molecule has 28 heavy (non-hydrogen) atoms. The zero-order valence-electron chi connectivity index (χ0n) is 15.0. The van der Waals surface area contributed by atoms with Crippen LogP contribution in [-0.2, 0) is 6.18 Å². The maximum absolute atomic E-state index is 13.4. The van der Waals surface area contributed by atoms with Crippen LogP contribution in [0.1, 0.15) is 19.4 Å². The van der Waals surface area contributed by atoms with Gasteiger partial charge >= 0.3 is 6.18 Å².